The van der Waals surface area contributed by atoms with Gasteiger partial charge in [-0.15, -0.1) is 0 Å². The van der Waals surface area contributed by atoms with Gasteiger partial charge in [0.2, 0.25) is 0 Å². The smallest absolute Gasteiger partial charge is 0.276 e. The molecule has 10 heteroatoms. The Hall–Kier alpha value is -2.65. The van der Waals surface area contributed by atoms with Crippen LogP contribution < -0.4 is 5.32 Å². The summed E-state index contributed by atoms with van der Waals surface area (Å²) in [5.74, 6) is -0.285. The number of anilines is 1. The van der Waals surface area contributed by atoms with Crippen LogP contribution in [-0.2, 0) is 13.2 Å². The zero-order chi connectivity index (χ0) is 19.6. The second kappa shape index (κ2) is 7.93. The van der Waals surface area contributed by atoms with E-state index in [0.717, 1.165) is 24.5 Å². The van der Waals surface area contributed by atoms with E-state index in [1.165, 1.54) is 0 Å². The van der Waals surface area contributed by atoms with Gasteiger partial charge in [0.1, 0.15) is 6.67 Å². The number of halogens is 1. The largest absolute Gasteiger partial charge is 0.318 e. The Morgan fingerprint density at radius 3 is 2.70 bits per heavy atom. The summed E-state index contributed by atoms with van der Waals surface area (Å²) in [4.78, 5) is 14.5. The van der Waals surface area contributed by atoms with Gasteiger partial charge in [-0.1, -0.05) is 11.6 Å². The van der Waals surface area contributed by atoms with Crippen molar-refractivity contribution in [2.24, 2.45) is 0 Å². The number of nitrogens with one attached hydrogen (secondary N) is 1. The summed E-state index contributed by atoms with van der Waals surface area (Å²) >= 11 is 6.16. The minimum atomic E-state index is -0.285. The van der Waals surface area contributed by atoms with E-state index in [2.05, 4.69) is 25.5 Å². The zero-order valence-electron chi connectivity index (χ0n) is 15.8. The van der Waals surface area contributed by atoms with E-state index in [-0.39, 0.29) is 5.91 Å². The molecule has 0 radical (unpaired) electrons. The normalized spacial score (nSPS) is 11.3. The maximum atomic E-state index is 12.4. The molecule has 3 heterocycles. The summed E-state index contributed by atoms with van der Waals surface area (Å²) in [7, 11) is 4.00. The molecule has 0 aromatic carbocycles. The lowest BCUT2D eigenvalue weighted by Gasteiger charge is -2.08. The van der Waals surface area contributed by atoms with Crippen LogP contribution in [0.15, 0.2) is 24.7 Å². The third-order valence-corrected chi connectivity index (χ3v) is 4.66. The highest BCUT2D eigenvalue weighted by Crippen LogP contribution is 2.18. The van der Waals surface area contributed by atoms with Crippen LogP contribution in [-0.4, -0.2) is 60.8 Å². The molecule has 3 aromatic heterocycles. The topological polar surface area (TPSA) is 85.8 Å². The van der Waals surface area contributed by atoms with Gasteiger partial charge in [-0.2, -0.15) is 15.3 Å². The number of amides is 1. The quantitative estimate of drug-likeness (QED) is 0.665. The molecule has 0 fully saturated rings. The molecule has 1 amide bonds. The maximum Gasteiger partial charge on any atom is 0.276 e. The van der Waals surface area contributed by atoms with Crippen molar-refractivity contribution in [1.29, 1.82) is 0 Å². The van der Waals surface area contributed by atoms with Gasteiger partial charge < -0.3 is 10.2 Å². The molecule has 0 aliphatic carbocycles. The summed E-state index contributed by atoms with van der Waals surface area (Å²) < 4.78 is 5.19. The van der Waals surface area contributed by atoms with Crippen LogP contribution in [0.25, 0.3) is 0 Å². The minimum Gasteiger partial charge on any atom is -0.318 e. The van der Waals surface area contributed by atoms with Crippen molar-refractivity contribution < 1.29 is 4.79 Å². The SMILES string of the molecule is Cc1nn(Cn2ccc(C(=O)Nc3cnn(CCN(C)C)c3)n2)c(C)c1Cl. The summed E-state index contributed by atoms with van der Waals surface area (Å²) in [6.07, 6.45) is 5.17. The fourth-order valence-electron chi connectivity index (χ4n) is 2.56. The molecule has 0 atom stereocenters. The Balaban J connectivity index is 1.62. The fourth-order valence-corrected chi connectivity index (χ4v) is 2.69. The lowest BCUT2D eigenvalue weighted by molar-refractivity contribution is 0.102. The van der Waals surface area contributed by atoms with Crippen LogP contribution in [0, 0.1) is 13.8 Å². The van der Waals surface area contributed by atoms with Gasteiger partial charge in [0, 0.05) is 18.9 Å². The first-order chi connectivity index (χ1) is 12.8. The molecule has 0 unspecified atom stereocenters. The van der Waals surface area contributed by atoms with E-state index in [1.807, 2.05) is 27.9 Å². The molecule has 0 bridgehead atoms. The Labute approximate surface area is 162 Å². The maximum absolute atomic E-state index is 12.4. The first-order valence-electron chi connectivity index (χ1n) is 8.55. The average Bonchev–Trinajstić information content (AvgIpc) is 3.32. The van der Waals surface area contributed by atoms with E-state index in [9.17, 15) is 4.79 Å². The Kier molecular flexibility index (Phi) is 5.62. The molecule has 3 rings (SSSR count). The highest BCUT2D eigenvalue weighted by atomic mass is 35.5. The Morgan fingerprint density at radius 1 is 1.26 bits per heavy atom. The number of rotatable bonds is 7. The molecule has 144 valence electrons. The van der Waals surface area contributed by atoms with E-state index < -0.39 is 0 Å². The fraction of sp³-hybridized carbons (Fsp3) is 0.412. The van der Waals surface area contributed by atoms with Gasteiger partial charge in [0.25, 0.3) is 5.91 Å². The van der Waals surface area contributed by atoms with E-state index in [1.54, 1.807) is 38.7 Å². The molecule has 1 N–H and O–H groups in total. The molecule has 0 saturated carbocycles. The van der Waals surface area contributed by atoms with Crippen molar-refractivity contribution in [3.63, 3.8) is 0 Å². The van der Waals surface area contributed by atoms with Gasteiger partial charge >= 0.3 is 0 Å². The number of aromatic nitrogens is 6. The van der Waals surface area contributed by atoms with Crippen LogP contribution in [0.2, 0.25) is 5.02 Å². The Bertz CT molecular complexity index is 939. The highest BCUT2D eigenvalue weighted by molar-refractivity contribution is 6.31. The van der Waals surface area contributed by atoms with Crippen LogP contribution >= 0.6 is 11.6 Å². The number of hydrogen-bond donors (Lipinski definition) is 1. The highest BCUT2D eigenvalue weighted by Gasteiger charge is 2.13. The third kappa shape index (κ3) is 4.55. The standard InChI is InChI=1S/C17H23ClN8O/c1-12-16(18)13(2)26(21-12)11-25-6-5-15(22-25)17(27)20-14-9-19-24(10-14)8-7-23(3)4/h5-6,9-10H,7-8,11H2,1-4H3,(H,20,27). The predicted molar refractivity (Wildman–Crippen MR) is 103 cm³/mol. The second-order valence-electron chi connectivity index (χ2n) is 6.62. The number of hydrogen-bond acceptors (Lipinski definition) is 5. The van der Waals surface area contributed by atoms with Gasteiger partial charge in [-0.25, -0.2) is 4.68 Å². The summed E-state index contributed by atoms with van der Waals surface area (Å²) in [6.45, 7) is 5.76. The molecule has 0 saturated heterocycles. The number of aryl methyl sites for hydroxylation is 1. The van der Waals surface area contributed by atoms with Crippen LogP contribution in [0.3, 0.4) is 0 Å². The van der Waals surface area contributed by atoms with Gasteiger partial charge in [0.05, 0.1) is 34.8 Å². The molecule has 0 aliphatic rings. The van der Waals surface area contributed by atoms with Gasteiger partial charge in [-0.05, 0) is 34.0 Å². The van der Waals surface area contributed by atoms with Crippen LogP contribution in [0.1, 0.15) is 21.9 Å². The van der Waals surface area contributed by atoms with E-state index in [0.29, 0.717) is 23.1 Å². The van der Waals surface area contributed by atoms with Crippen molar-refractivity contribution in [2.75, 3.05) is 26.0 Å². The number of carbonyl (C=O) groups is 1. The summed E-state index contributed by atoms with van der Waals surface area (Å²) in [6, 6.07) is 1.67. The van der Waals surface area contributed by atoms with Crippen LogP contribution in [0.5, 0.6) is 0 Å². The molecule has 0 spiro atoms. The van der Waals surface area contributed by atoms with Crippen molar-refractivity contribution >= 4 is 23.2 Å². The van der Waals surface area contributed by atoms with Gasteiger partial charge in [0.15, 0.2) is 5.69 Å². The average molecular weight is 391 g/mol. The van der Waals surface area contributed by atoms with Gasteiger partial charge in [-0.3, -0.25) is 14.2 Å². The molecule has 9 nitrogen and oxygen atoms in total. The summed E-state index contributed by atoms with van der Waals surface area (Å²) in [5, 5.41) is 16.4. The van der Waals surface area contributed by atoms with Crippen molar-refractivity contribution in [3.8, 4) is 0 Å². The molecular weight excluding hydrogens is 368 g/mol. The third-order valence-electron chi connectivity index (χ3n) is 4.11. The minimum absolute atomic E-state index is 0.285. The number of likely N-dealkylation sites (N-methyl/N-ethyl adjacent to an activating group) is 1. The van der Waals surface area contributed by atoms with Crippen molar-refractivity contribution in [3.05, 3.63) is 46.8 Å². The predicted octanol–water partition coefficient (Wildman–Crippen LogP) is 1.87. The molecule has 27 heavy (non-hydrogen) atoms. The number of nitrogens with zero attached hydrogens (tertiary/aromatic N) is 7. The van der Waals surface area contributed by atoms with Crippen molar-refractivity contribution in [2.45, 2.75) is 27.1 Å². The second-order valence-corrected chi connectivity index (χ2v) is 6.99. The van der Waals surface area contributed by atoms with E-state index >= 15 is 0 Å². The van der Waals surface area contributed by atoms with Crippen LogP contribution in [0.4, 0.5) is 5.69 Å². The lowest BCUT2D eigenvalue weighted by Crippen LogP contribution is -2.18. The zero-order valence-corrected chi connectivity index (χ0v) is 16.6. The van der Waals surface area contributed by atoms with E-state index in [4.69, 9.17) is 11.6 Å². The molecule has 0 aliphatic heterocycles. The number of carbonyl (C=O) groups excluding carboxylic acids is 1. The first-order valence-corrected chi connectivity index (χ1v) is 8.93. The van der Waals surface area contributed by atoms with Crippen molar-refractivity contribution in [1.82, 2.24) is 34.2 Å². The monoisotopic (exact) mass is 390 g/mol. The first kappa shape index (κ1) is 19.1. The molecule has 3 aromatic rings. The molecular formula is C17H23ClN8O. The summed E-state index contributed by atoms with van der Waals surface area (Å²) in [5.41, 5.74) is 2.59. The Morgan fingerprint density at radius 2 is 2.04 bits per heavy atom. The lowest BCUT2D eigenvalue weighted by atomic mass is 10.4.